The highest BCUT2D eigenvalue weighted by molar-refractivity contribution is 7.11. The number of amides is 1. The minimum absolute atomic E-state index is 0.123. The largest absolute Gasteiger partial charge is 0.490 e. The van der Waals surface area contributed by atoms with Crippen molar-refractivity contribution in [3.05, 3.63) is 21.9 Å². The van der Waals surface area contributed by atoms with Gasteiger partial charge in [-0.25, -0.2) is 4.79 Å². The highest BCUT2D eigenvalue weighted by atomic mass is 32.1. The number of carboxylic acid groups (broad SMARTS) is 1. The van der Waals surface area contributed by atoms with Crippen molar-refractivity contribution in [1.82, 2.24) is 10.2 Å². The van der Waals surface area contributed by atoms with Crippen LogP contribution in [0.3, 0.4) is 0 Å². The molecule has 1 aliphatic carbocycles. The van der Waals surface area contributed by atoms with E-state index in [1.165, 1.54) is 22.6 Å². The number of likely N-dealkylation sites (tertiary alicyclic amines) is 1. The molecule has 1 aromatic rings. The first kappa shape index (κ1) is 24.0. The van der Waals surface area contributed by atoms with Gasteiger partial charge in [-0.05, 0) is 50.7 Å². The minimum Gasteiger partial charge on any atom is -0.475 e. The van der Waals surface area contributed by atoms with Gasteiger partial charge in [0.1, 0.15) is 0 Å². The number of ether oxygens (including phenoxy) is 1. The van der Waals surface area contributed by atoms with Gasteiger partial charge in [-0.1, -0.05) is 0 Å². The van der Waals surface area contributed by atoms with Crippen LogP contribution in [0, 0.1) is 24.2 Å². The molecule has 31 heavy (non-hydrogen) atoms. The Labute approximate surface area is 183 Å². The maximum Gasteiger partial charge on any atom is 0.490 e. The molecule has 3 aliphatic rings. The highest BCUT2D eigenvalue weighted by Gasteiger charge is 2.50. The maximum absolute atomic E-state index is 12.9. The number of rotatable bonds is 5. The molecule has 3 fully saturated rings. The van der Waals surface area contributed by atoms with Crippen molar-refractivity contribution in [3.8, 4) is 0 Å². The lowest BCUT2D eigenvalue weighted by molar-refractivity contribution is -0.192. The summed E-state index contributed by atoms with van der Waals surface area (Å²) in [5, 5.41) is 10.4. The fraction of sp³-hybridized carbons (Fsp3) is 0.714. The summed E-state index contributed by atoms with van der Waals surface area (Å²) in [7, 11) is 0. The van der Waals surface area contributed by atoms with Crippen LogP contribution in [0.1, 0.15) is 35.4 Å². The van der Waals surface area contributed by atoms with Gasteiger partial charge in [0, 0.05) is 54.6 Å². The topological polar surface area (TPSA) is 78.9 Å². The summed E-state index contributed by atoms with van der Waals surface area (Å²) in [6, 6.07) is 4.43. The molecule has 0 radical (unpaired) electrons. The number of nitrogens with one attached hydrogen (secondary N) is 1. The summed E-state index contributed by atoms with van der Waals surface area (Å²) in [6.07, 6.45) is -0.468. The molecule has 1 unspecified atom stereocenters. The van der Waals surface area contributed by atoms with E-state index in [0.717, 1.165) is 58.2 Å². The van der Waals surface area contributed by atoms with E-state index < -0.39 is 12.1 Å². The zero-order valence-corrected chi connectivity index (χ0v) is 18.4. The summed E-state index contributed by atoms with van der Waals surface area (Å²) in [5.74, 6) is -1.60. The lowest BCUT2D eigenvalue weighted by Crippen LogP contribution is -2.44. The average Bonchev–Trinajstić information content (AvgIpc) is 3.36. The first-order valence-corrected chi connectivity index (χ1v) is 11.3. The van der Waals surface area contributed by atoms with Crippen LogP contribution in [0.15, 0.2) is 12.1 Å². The SMILES string of the molecule is Cc1ccc(CN2CC(C(=O)NCC3CC3)C3(CCOCC3)C2)s1.O=C(O)C(F)(F)F. The molecule has 2 N–H and O–H groups in total. The Bertz CT molecular complexity index is 773. The van der Waals surface area contributed by atoms with Crippen LogP contribution >= 0.6 is 11.3 Å². The molecular weight excluding hydrogens is 433 g/mol. The summed E-state index contributed by atoms with van der Waals surface area (Å²) in [6.45, 7) is 7.56. The van der Waals surface area contributed by atoms with Gasteiger partial charge in [-0.3, -0.25) is 9.69 Å². The molecule has 174 valence electrons. The van der Waals surface area contributed by atoms with Gasteiger partial charge in [0.2, 0.25) is 5.91 Å². The molecule has 1 saturated carbocycles. The second-order valence-corrected chi connectivity index (χ2v) is 10.1. The Morgan fingerprint density at radius 2 is 1.94 bits per heavy atom. The lowest BCUT2D eigenvalue weighted by atomic mass is 9.71. The fourth-order valence-corrected chi connectivity index (χ4v) is 5.25. The van der Waals surface area contributed by atoms with Crippen LogP contribution in [0.4, 0.5) is 13.2 Å². The van der Waals surface area contributed by atoms with Gasteiger partial charge < -0.3 is 15.2 Å². The van der Waals surface area contributed by atoms with Crippen molar-refractivity contribution in [2.24, 2.45) is 17.3 Å². The molecule has 10 heteroatoms. The third kappa shape index (κ3) is 6.66. The van der Waals surface area contributed by atoms with Gasteiger partial charge in [0.15, 0.2) is 0 Å². The number of nitrogens with zero attached hydrogens (tertiary/aromatic N) is 1. The van der Waals surface area contributed by atoms with Gasteiger partial charge in [0.25, 0.3) is 0 Å². The average molecular weight is 463 g/mol. The molecule has 2 aliphatic heterocycles. The van der Waals surface area contributed by atoms with Crippen LogP contribution in [-0.4, -0.2) is 60.9 Å². The highest BCUT2D eigenvalue weighted by Crippen LogP contribution is 2.45. The van der Waals surface area contributed by atoms with Crippen molar-refractivity contribution in [3.63, 3.8) is 0 Å². The molecule has 0 aromatic carbocycles. The second kappa shape index (κ2) is 9.87. The first-order valence-electron chi connectivity index (χ1n) is 10.5. The molecule has 6 nitrogen and oxygen atoms in total. The number of hydrogen-bond donors (Lipinski definition) is 2. The second-order valence-electron chi connectivity index (χ2n) is 8.70. The molecule has 1 aromatic heterocycles. The van der Waals surface area contributed by atoms with Crippen molar-refractivity contribution in [2.45, 2.75) is 45.3 Å². The van der Waals surface area contributed by atoms with E-state index >= 15 is 0 Å². The number of carbonyl (C=O) groups excluding carboxylic acids is 1. The third-order valence-corrected chi connectivity index (χ3v) is 7.19. The molecular formula is C21H29F3N2O4S. The van der Waals surface area contributed by atoms with Crippen molar-refractivity contribution < 1.29 is 32.6 Å². The van der Waals surface area contributed by atoms with Crippen molar-refractivity contribution >= 4 is 23.2 Å². The maximum atomic E-state index is 12.9. The Hall–Kier alpha value is -1.65. The molecule has 1 atom stereocenters. The Morgan fingerprint density at radius 3 is 2.45 bits per heavy atom. The third-order valence-electron chi connectivity index (χ3n) is 6.20. The molecule has 2 saturated heterocycles. The zero-order valence-electron chi connectivity index (χ0n) is 17.5. The molecule has 3 heterocycles. The number of carboxylic acids is 1. The summed E-state index contributed by atoms with van der Waals surface area (Å²) >= 11 is 1.87. The van der Waals surface area contributed by atoms with Gasteiger partial charge >= 0.3 is 12.1 Å². The fourth-order valence-electron chi connectivity index (χ4n) is 4.32. The van der Waals surface area contributed by atoms with Crippen molar-refractivity contribution in [1.29, 1.82) is 0 Å². The van der Waals surface area contributed by atoms with Crippen LogP contribution in [-0.2, 0) is 20.9 Å². The van der Waals surface area contributed by atoms with Gasteiger partial charge in [0.05, 0.1) is 5.92 Å². The Morgan fingerprint density at radius 1 is 1.29 bits per heavy atom. The van der Waals surface area contributed by atoms with E-state index in [0.29, 0.717) is 0 Å². The zero-order chi connectivity index (χ0) is 22.6. The van der Waals surface area contributed by atoms with E-state index in [9.17, 15) is 18.0 Å². The summed E-state index contributed by atoms with van der Waals surface area (Å²) in [4.78, 5) is 27.0. The van der Waals surface area contributed by atoms with Crippen LogP contribution in [0.25, 0.3) is 0 Å². The standard InChI is InChI=1S/C19H28N2O2S.C2HF3O2/c1-14-2-5-16(24-14)11-21-12-17(18(22)20-10-15-3-4-15)19(13-21)6-8-23-9-7-19;3-2(4,5)1(6)7/h2,5,15,17H,3-4,6-13H2,1H3,(H,20,22);(H,6,7). The Kier molecular flexibility index (Phi) is 7.64. The molecule has 4 rings (SSSR count). The minimum atomic E-state index is -5.08. The number of halogens is 3. The first-order chi connectivity index (χ1) is 14.6. The van der Waals surface area contributed by atoms with E-state index in [1.54, 1.807) is 0 Å². The van der Waals surface area contributed by atoms with Gasteiger partial charge in [-0.15, -0.1) is 11.3 Å². The van der Waals surface area contributed by atoms with E-state index in [1.807, 2.05) is 11.3 Å². The van der Waals surface area contributed by atoms with Gasteiger partial charge in [-0.2, -0.15) is 13.2 Å². The predicted molar refractivity (Wildman–Crippen MR) is 110 cm³/mol. The van der Waals surface area contributed by atoms with E-state index in [4.69, 9.17) is 14.6 Å². The quantitative estimate of drug-likeness (QED) is 0.701. The smallest absolute Gasteiger partial charge is 0.475 e. The lowest BCUT2D eigenvalue weighted by Gasteiger charge is -2.37. The van der Waals surface area contributed by atoms with Crippen LogP contribution in [0.2, 0.25) is 0 Å². The molecule has 0 bridgehead atoms. The normalized spacial score (nSPS) is 23.3. The number of carbonyl (C=O) groups is 2. The monoisotopic (exact) mass is 462 g/mol. The number of thiophene rings is 1. The number of hydrogen-bond acceptors (Lipinski definition) is 5. The Balaban J connectivity index is 0.000000339. The van der Waals surface area contributed by atoms with Crippen molar-refractivity contribution in [2.75, 3.05) is 32.8 Å². The predicted octanol–water partition coefficient (Wildman–Crippen LogP) is 3.44. The summed E-state index contributed by atoms with van der Waals surface area (Å²) in [5.41, 5.74) is 0.123. The molecule has 1 amide bonds. The summed E-state index contributed by atoms with van der Waals surface area (Å²) < 4.78 is 37.3. The number of aryl methyl sites for hydroxylation is 1. The number of aliphatic carboxylic acids is 1. The van der Waals surface area contributed by atoms with Crippen LogP contribution < -0.4 is 5.32 Å². The van der Waals surface area contributed by atoms with E-state index in [-0.39, 0.29) is 17.2 Å². The van der Waals surface area contributed by atoms with Crippen LogP contribution in [0.5, 0.6) is 0 Å². The van der Waals surface area contributed by atoms with E-state index in [2.05, 4.69) is 29.3 Å². The molecule has 1 spiro atoms. The number of alkyl halides is 3.